The fourth-order valence-corrected chi connectivity index (χ4v) is 2.50. The molecule has 0 N–H and O–H groups in total. The number of benzene rings is 1. The van der Waals surface area contributed by atoms with Crippen LogP contribution in [-0.4, -0.2) is 19.7 Å². The summed E-state index contributed by atoms with van der Waals surface area (Å²) < 4.78 is 6.86. The average Bonchev–Trinajstić information content (AvgIpc) is 3.09. The van der Waals surface area contributed by atoms with Crippen molar-refractivity contribution in [2.24, 2.45) is 7.05 Å². The lowest BCUT2D eigenvalue weighted by Crippen LogP contribution is -2.18. The summed E-state index contributed by atoms with van der Waals surface area (Å²) in [6.45, 7) is 0. The molecule has 0 amide bonds. The third kappa shape index (κ3) is 2.20. The quantitative estimate of drug-likeness (QED) is 0.569. The number of nitrogens with zero attached hydrogens (tertiary/aromatic N) is 4. The van der Waals surface area contributed by atoms with Crippen LogP contribution in [0.3, 0.4) is 0 Å². The first-order valence-corrected chi connectivity index (χ1v) is 7.07. The van der Waals surface area contributed by atoms with E-state index in [-0.39, 0.29) is 5.56 Å². The van der Waals surface area contributed by atoms with Crippen molar-refractivity contribution in [3.63, 3.8) is 0 Å². The summed E-state index contributed by atoms with van der Waals surface area (Å²) in [5, 5.41) is 5.47. The van der Waals surface area contributed by atoms with E-state index in [1.54, 1.807) is 31.6 Å². The zero-order chi connectivity index (χ0) is 15.8. The van der Waals surface area contributed by atoms with E-state index in [1.165, 1.54) is 4.57 Å². The predicted octanol–water partition coefficient (Wildman–Crippen LogP) is 2.65. The van der Waals surface area contributed by atoms with Crippen molar-refractivity contribution in [2.75, 3.05) is 0 Å². The van der Waals surface area contributed by atoms with E-state index in [1.807, 2.05) is 30.3 Å². The van der Waals surface area contributed by atoms with Gasteiger partial charge in [-0.2, -0.15) is 4.98 Å². The summed E-state index contributed by atoms with van der Waals surface area (Å²) in [5.74, 6) is 0.739. The van der Waals surface area contributed by atoms with E-state index >= 15 is 0 Å². The Morgan fingerprint density at radius 3 is 2.83 bits per heavy atom. The molecule has 6 nitrogen and oxygen atoms in total. The highest BCUT2D eigenvalue weighted by Crippen LogP contribution is 2.23. The minimum Gasteiger partial charge on any atom is -0.332 e. The minimum absolute atomic E-state index is 0.0979. The van der Waals surface area contributed by atoms with E-state index in [9.17, 15) is 4.79 Å². The molecule has 0 spiro atoms. The first-order chi connectivity index (χ1) is 11.2. The van der Waals surface area contributed by atoms with Gasteiger partial charge in [-0.1, -0.05) is 23.4 Å². The van der Waals surface area contributed by atoms with E-state index in [4.69, 9.17) is 4.52 Å². The summed E-state index contributed by atoms with van der Waals surface area (Å²) >= 11 is 0. The van der Waals surface area contributed by atoms with Gasteiger partial charge in [0.15, 0.2) is 0 Å². The van der Waals surface area contributed by atoms with Gasteiger partial charge >= 0.3 is 0 Å². The number of pyridine rings is 2. The smallest absolute Gasteiger partial charge is 0.274 e. The Hall–Kier alpha value is -3.28. The summed E-state index contributed by atoms with van der Waals surface area (Å²) in [7, 11) is 1.69. The zero-order valence-corrected chi connectivity index (χ0v) is 12.3. The van der Waals surface area contributed by atoms with Crippen molar-refractivity contribution in [1.82, 2.24) is 19.7 Å². The third-order valence-corrected chi connectivity index (χ3v) is 3.71. The summed E-state index contributed by atoms with van der Waals surface area (Å²) in [4.78, 5) is 20.9. The van der Waals surface area contributed by atoms with E-state index in [0.717, 1.165) is 10.9 Å². The van der Waals surface area contributed by atoms with Crippen LogP contribution in [0.1, 0.15) is 0 Å². The second-order valence-corrected chi connectivity index (χ2v) is 5.15. The Morgan fingerprint density at radius 2 is 2.00 bits per heavy atom. The van der Waals surface area contributed by atoms with Crippen LogP contribution < -0.4 is 5.56 Å². The first kappa shape index (κ1) is 13.4. The van der Waals surface area contributed by atoms with Crippen molar-refractivity contribution in [1.29, 1.82) is 0 Å². The number of rotatable bonds is 2. The van der Waals surface area contributed by atoms with Crippen molar-refractivity contribution < 1.29 is 4.52 Å². The van der Waals surface area contributed by atoms with Crippen molar-refractivity contribution in [3.8, 4) is 23.0 Å². The largest absolute Gasteiger partial charge is 0.332 e. The molecule has 6 heteroatoms. The Kier molecular flexibility index (Phi) is 3.01. The van der Waals surface area contributed by atoms with Crippen LogP contribution in [0.5, 0.6) is 0 Å². The lowest BCUT2D eigenvalue weighted by molar-refractivity contribution is 0.429. The molecule has 3 aromatic heterocycles. The molecule has 0 saturated heterocycles. The lowest BCUT2D eigenvalue weighted by atomic mass is 10.1. The maximum Gasteiger partial charge on any atom is 0.274 e. The number of aromatic nitrogens is 4. The third-order valence-electron chi connectivity index (χ3n) is 3.71. The highest BCUT2D eigenvalue weighted by atomic mass is 16.5. The zero-order valence-electron chi connectivity index (χ0n) is 12.3. The normalized spacial score (nSPS) is 11.0. The Morgan fingerprint density at radius 1 is 1.13 bits per heavy atom. The molecule has 23 heavy (non-hydrogen) atoms. The highest BCUT2D eigenvalue weighted by molar-refractivity contribution is 5.84. The molecular weight excluding hydrogens is 292 g/mol. The second kappa shape index (κ2) is 5.17. The molecule has 112 valence electrons. The summed E-state index contributed by atoms with van der Waals surface area (Å²) in [6, 6.07) is 12.9. The fourth-order valence-electron chi connectivity index (χ4n) is 2.50. The van der Waals surface area contributed by atoms with Crippen LogP contribution in [0.25, 0.3) is 33.7 Å². The van der Waals surface area contributed by atoms with Crippen LogP contribution in [0.15, 0.2) is 64.2 Å². The molecule has 0 atom stereocenters. The van der Waals surface area contributed by atoms with Crippen molar-refractivity contribution in [2.45, 2.75) is 0 Å². The van der Waals surface area contributed by atoms with E-state index in [0.29, 0.717) is 22.8 Å². The Labute approximate surface area is 131 Å². The Balaban J connectivity index is 1.89. The Bertz CT molecular complexity index is 1050. The van der Waals surface area contributed by atoms with Gasteiger partial charge in [-0.15, -0.1) is 0 Å². The molecular formula is C17H12N4O2. The van der Waals surface area contributed by atoms with Crippen LogP contribution in [0.4, 0.5) is 0 Å². The number of hydrogen-bond acceptors (Lipinski definition) is 5. The second-order valence-electron chi connectivity index (χ2n) is 5.15. The molecule has 0 unspecified atom stereocenters. The molecule has 0 fully saturated rings. The van der Waals surface area contributed by atoms with Gasteiger partial charge in [-0.3, -0.25) is 9.78 Å². The molecule has 0 aliphatic rings. The number of fused-ring (bicyclic) bond motifs is 1. The van der Waals surface area contributed by atoms with Gasteiger partial charge < -0.3 is 9.09 Å². The topological polar surface area (TPSA) is 73.8 Å². The van der Waals surface area contributed by atoms with E-state index in [2.05, 4.69) is 15.1 Å². The van der Waals surface area contributed by atoms with Gasteiger partial charge in [0.25, 0.3) is 11.4 Å². The fraction of sp³-hybridized carbons (Fsp3) is 0.0588. The summed E-state index contributed by atoms with van der Waals surface area (Å²) in [6.07, 6.45) is 3.34. The van der Waals surface area contributed by atoms with Crippen LogP contribution in [0, 0.1) is 0 Å². The van der Waals surface area contributed by atoms with Gasteiger partial charge in [0.2, 0.25) is 5.82 Å². The molecule has 4 aromatic rings. The maximum atomic E-state index is 12.5. The van der Waals surface area contributed by atoms with Crippen molar-refractivity contribution >= 4 is 10.8 Å². The van der Waals surface area contributed by atoms with Gasteiger partial charge in [0.1, 0.15) is 5.69 Å². The molecule has 0 aliphatic carbocycles. The lowest BCUT2D eigenvalue weighted by Gasteiger charge is -2.06. The standard InChI is InChI=1S/C17H12N4O2/c1-21-14(9-11-5-2-3-7-13(11)17(21)22)16-19-15(20-23-16)12-6-4-8-18-10-12/h2-10H,1H3. The van der Waals surface area contributed by atoms with Gasteiger partial charge in [-0.05, 0) is 29.7 Å². The van der Waals surface area contributed by atoms with Crippen LogP contribution >= 0.6 is 0 Å². The molecule has 0 aliphatic heterocycles. The predicted molar refractivity (Wildman–Crippen MR) is 85.7 cm³/mol. The monoisotopic (exact) mass is 304 g/mol. The van der Waals surface area contributed by atoms with Gasteiger partial charge in [-0.25, -0.2) is 0 Å². The minimum atomic E-state index is -0.0979. The molecule has 0 saturated carbocycles. The van der Waals surface area contributed by atoms with Crippen LogP contribution in [0.2, 0.25) is 0 Å². The molecule has 0 bridgehead atoms. The van der Waals surface area contributed by atoms with Crippen LogP contribution in [-0.2, 0) is 7.05 Å². The number of hydrogen-bond donors (Lipinski definition) is 0. The van der Waals surface area contributed by atoms with E-state index < -0.39 is 0 Å². The average molecular weight is 304 g/mol. The van der Waals surface area contributed by atoms with Crippen molar-refractivity contribution in [3.05, 3.63) is 65.2 Å². The molecule has 4 rings (SSSR count). The van der Waals surface area contributed by atoms with Gasteiger partial charge in [0.05, 0.1) is 0 Å². The summed E-state index contributed by atoms with van der Waals surface area (Å²) in [5.41, 5.74) is 1.24. The maximum absolute atomic E-state index is 12.5. The molecule has 1 aromatic carbocycles. The molecule has 3 heterocycles. The SMILES string of the molecule is Cn1c(-c2nc(-c3cccnc3)no2)cc2ccccc2c1=O. The molecule has 0 radical (unpaired) electrons. The van der Waals surface area contributed by atoms with Gasteiger partial charge in [0, 0.05) is 30.4 Å². The first-order valence-electron chi connectivity index (χ1n) is 7.07. The highest BCUT2D eigenvalue weighted by Gasteiger charge is 2.15.